The fourth-order valence-electron chi connectivity index (χ4n) is 4.13. The minimum atomic E-state index is -4.31. The van der Waals surface area contributed by atoms with Crippen molar-refractivity contribution >= 4 is 0 Å². The molecule has 2 aromatic rings. The van der Waals surface area contributed by atoms with Crippen molar-refractivity contribution in [2.75, 3.05) is 0 Å². The summed E-state index contributed by atoms with van der Waals surface area (Å²) in [5.74, 6) is 0.510. The summed E-state index contributed by atoms with van der Waals surface area (Å²) in [7, 11) is 0. The van der Waals surface area contributed by atoms with Crippen LogP contribution in [0.15, 0.2) is 48.5 Å². The maximum atomic E-state index is 12.9. The maximum absolute atomic E-state index is 12.9. The van der Waals surface area contributed by atoms with Crippen LogP contribution in [-0.2, 0) is 6.18 Å². The summed E-state index contributed by atoms with van der Waals surface area (Å²) in [5.41, 5.74) is 8.03. The van der Waals surface area contributed by atoms with Crippen LogP contribution < -0.4 is 11.1 Å². The van der Waals surface area contributed by atoms with Crippen LogP contribution in [0.1, 0.15) is 49.1 Å². The first-order valence-electron chi connectivity index (χ1n) is 9.69. The molecule has 2 nitrogen and oxygen atoms in total. The zero-order valence-corrected chi connectivity index (χ0v) is 15.2. The lowest BCUT2D eigenvalue weighted by Crippen LogP contribution is -2.38. The summed E-state index contributed by atoms with van der Waals surface area (Å²) in [6.45, 7) is 0. The van der Waals surface area contributed by atoms with Gasteiger partial charge in [0.25, 0.3) is 0 Å². The molecule has 0 amide bonds. The Hall–Kier alpha value is -1.85. The van der Waals surface area contributed by atoms with Crippen LogP contribution in [0.4, 0.5) is 13.2 Å². The van der Waals surface area contributed by atoms with Gasteiger partial charge in [0.15, 0.2) is 0 Å². The van der Waals surface area contributed by atoms with E-state index in [0.717, 1.165) is 43.7 Å². The molecule has 2 aliphatic carbocycles. The molecule has 0 saturated heterocycles. The Morgan fingerprint density at radius 2 is 1.59 bits per heavy atom. The van der Waals surface area contributed by atoms with Gasteiger partial charge in [0.1, 0.15) is 0 Å². The molecule has 3 N–H and O–H groups in total. The largest absolute Gasteiger partial charge is 0.416 e. The highest BCUT2D eigenvalue weighted by atomic mass is 19.4. The van der Waals surface area contributed by atoms with E-state index in [9.17, 15) is 13.2 Å². The Balaban J connectivity index is 1.39. The van der Waals surface area contributed by atoms with E-state index in [-0.39, 0.29) is 0 Å². The molecule has 0 aliphatic heterocycles. The lowest BCUT2D eigenvalue weighted by molar-refractivity contribution is -0.137. The number of alkyl halides is 3. The second-order valence-corrected chi connectivity index (χ2v) is 7.93. The third-order valence-electron chi connectivity index (χ3n) is 5.87. The molecule has 5 heteroatoms. The van der Waals surface area contributed by atoms with Gasteiger partial charge in [-0.2, -0.15) is 13.2 Å². The van der Waals surface area contributed by atoms with Gasteiger partial charge < -0.3 is 11.1 Å². The normalized spacial score (nSPS) is 28.1. The number of benzene rings is 2. The Morgan fingerprint density at radius 3 is 2.26 bits per heavy atom. The predicted octanol–water partition coefficient (Wildman–Crippen LogP) is 5.09. The summed E-state index contributed by atoms with van der Waals surface area (Å²) in [5, 5.41) is 3.75. The molecule has 0 heterocycles. The molecule has 2 saturated carbocycles. The monoisotopic (exact) mass is 374 g/mol. The summed E-state index contributed by atoms with van der Waals surface area (Å²) in [6, 6.07) is 14.9. The van der Waals surface area contributed by atoms with E-state index >= 15 is 0 Å². The smallest absolute Gasteiger partial charge is 0.328 e. The molecule has 27 heavy (non-hydrogen) atoms. The second kappa shape index (κ2) is 7.28. The number of halogens is 3. The standard InChI is InChI=1S/C22H25F3N2/c23-22(24,25)17-3-1-2-16(12-17)14-4-6-15(7-5-14)20-13-21(20)27-19-10-8-18(26)9-11-19/h1-7,12,18-21,27H,8-11,13,26H2. The van der Waals surface area contributed by atoms with E-state index in [0.29, 0.717) is 29.6 Å². The van der Waals surface area contributed by atoms with Crippen LogP contribution in [0, 0.1) is 0 Å². The van der Waals surface area contributed by atoms with Crippen molar-refractivity contribution in [1.29, 1.82) is 0 Å². The molecule has 144 valence electrons. The highest BCUT2D eigenvalue weighted by molar-refractivity contribution is 5.65. The van der Waals surface area contributed by atoms with E-state index in [2.05, 4.69) is 17.4 Å². The first kappa shape index (κ1) is 18.5. The molecule has 2 aromatic carbocycles. The minimum absolute atomic E-state index is 0.362. The van der Waals surface area contributed by atoms with Crippen LogP contribution >= 0.6 is 0 Å². The lowest BCUT2D eigenvalue weighted by Gasteiger charge is -2.27. The minimum Gasteiger partial charge on any atom is -0.328 e. The van der Waals surface area contributed by atoms with E-state index in [1.54, 1.807) is 6.07 Å². The Morgan fingerprint density at radius 1 is 0.889 bits per heavy atom. The SMILES string of the molecule is NC1CCC(NC2CC2c2ccc(-c3cccc(C(F)(F)F)c3)cc2)CC1. The Bertz CT molecular complexity index is 777. The maximum Gasteiger partial charge on any atom is 0.416 e. The highest BCUT2D eigenvalue weighted by Gasteiger charge is 2.39. The zero-order valence-electron chi connectivity index (χ0n) is 15.2. The van der Waals surface area contributed by atoms with Gasteiger partial charge in [0.2, 0.25) is 0 Å². The van der Waals surface area contributed by atoms with Crippen LogP contribution in [-0.4, -0.2) is 18.1 Å². The van der Waals surface area contributed by atoms with Gasteiger partial charge >= 0.3 is 6.18 Å². The third kappa shape index (κ3) is 4.36. The van der Waals surface area contributed by atoms with E-state index < -0.39 is 11.7 Å². The fraction of sp³-hybridized carbons (Fsp3) is 0.455. The number of nitrogens with two attached hydrogens (primary N) is 1. The molecule has 2 fully saturated rings. The number of nitrogens with one attached hydrogen (secondary N) is 1. The topological polar surface area (TPSA) is 38.0 Å². The summed E-state index contributed by atoms with van der Waals surface area (Å²) < 4.78 is 38.7. The average Bonchev–Trinajstić information content (AvgIpc) is 3.42. The number of hydrogen-bond acceptors (Lipinski definition) is 2. The van der Waals surface area contributed by atoms with Crippen molar-refractivity contribution in [2.24, 2.45) is 5.73 Å². The third-order valence-corrected chi connectivity index (χ3v) is 5.87. The molecule has 2 aliphatic rings. The molecule has 2 unspecified atom stereocenters. The quantitative estimate of drug-likeness (QED) is 0.782. The van der Waals surface area contributed by atoms with Crippen molar-refractivity contribution in [3.63, 3.8) is 0 Å². The zero-order chi connectivity index (χ0) is 19.0. The van der Waals surface area contributed by atoms with Crippen LogP contribution in [0.2, 0.25) is 0 Å². The first-order chi connectivity index (χ1) is 12.9. The molecular formula is C22H25F3N2. The Kier molecular flexibility index (Phi) is 4.99. The van der Waals surface area contributed by atoms with Crippen molar-refractivity contribution in [3.05, 3.63) is 59.7 Å². The van der Waals surface area contributed by atoms with Crippen LogP contribution in [0.25, 0.3) is 11.1 Å². The first-order valence-corrected chi connectivity index (χ1v) is 9.69. The van der Waals surface area contributed by atoms with Gasteiger partial charge in [-0.1, -0.05) is 36.4 Å². The second-order valence-electron chi connectivity index (χ2n) is 7.93. The molecule has 0 radical (unpaired) electrons. The fourth-order valence-corrected chi connectivity index (χ4v) is 4.13. The van der Waals surface area contributed by atoms with E-state index in [1.165, 1.54) is 17.7 Å². The van der Waals surface area contributed by atoms with Crippen molar-refractivity contribution in [1.82, 2.24) is 5.32 Å². The van der Waals surface area contributed by atoms with Crippen molar-refractivity contribution in [2.45, 2.75) is 62.3 Å². The van der Waals surface area contributed by atoms with Gasteiger partial charge in [-0.25, -0.2) is 0 Å². The van der Waals surface area contributed by atoms with Crippen LogP contribution in [0.5, 0.6) is 0 Å². The summed E-state index contributed by atoms with van der Waals surface area (Å²) in [6.07, 6.45) is 1.32. The molecule has 0 bridgehead atoms. The Labute approximate surface area is 158 Å². The predicted molar refractivity (Wildman–Crippen MR) is 101 cm³/mol. The van der Waals surface area contributed by atoms with Crippen LogP contribution in [0.3, 0.4) is 0 Å². The number of hydrogen-bond donors (Lipinski definition) is 2. The summed E-state index contributed by atoms with van der Waals surface area (Å²) in [4.78, 5) is 0. The lowest BCUT2D eigenvalue weighted by atomic mass is 9.92. The highest BCUT2D eigenvalue weighted by Crippen LogP contribution is 2.42. The molecule has 0 spiro atoms. The van der Waals surface area contributed by atoms with Gasteiger partial charge in [-0.3, -0.25) is 0 Å². The van der Waals surface area contributed by atoms with Crippen molar-refractivity contribution in [3.8, 4) is 11.1 Å². The van der Waals surface area contributed by atoms with Gasteiger partial charge in [0, 0.05) is 24.0 Å². The summed E-state index contributed by atoms with van der Waals surface area (Å²) >= 11 is 0. The molecule has 4 rings (SSSR count). The van der Waals surface area contributed by atoms with E-state index in [1.807, 2.05) is 12.1 Å². The van der Waals surface area contributed by atoms with Gasteiger partial charge in [-0.15, -0.1) is 0 Å². The molecule has 0 aromatic heterocycles. The van der Waals surface area contributed by atoms with Crippen molar-refractivity contribution < 1.29 is 13.2 Å². The number of rotatable bonds is 4. The van der Waals surface area contributed by atoms with Gasteiger partial charge in [-0.05, 0) is 60.9 Å². The molecule has 2 atom stereocenters. The van der Waals surface area contributed by atoms with Gasteiger partial charge in [0.05, 0.1) is 5.56 Å². The molecular weight excluding hydrogens is 349 g/mol. The van der Waals surface area contributed by atoms with E-state index in [4.69, 9.17) is 5.73 Å². The average molecular weight is 374 g/mol.